The summed E-state index contributed by atoms with van der Waals surface area (Å²) in [4.78, 5) is 0. The van der Waals surface area contributed by atoms with Gasteiger partial charge in [-0.1, -0.05) is 26.0 Å². The van der Waals surface area contributed by atoms with Crippen molar-refractivity contribution < 1.29 is 14.2 Å². The van der Waals surface area contributed by atoms with Crippen LogP contribution in [0.3, 0.4) is 0 Å². The molecule has 2 aliphatic heterocycles. The first-order valence-corrected chi connectivity index (χ1v) is 9.14. The van der Waals surface area contributed by atoms with Gasteiger partial charge >= 0.3 is 0 Å². The molecule has 0 aliphatic carbocycles. The number of hydrogen-bond donors (Lipinski definition) is 1. The Morgan fingerprint density at radius 1 is 1.21 bits per heavy atom. The van der Waals surface area contributed by atoms with Crippen LogP contribution in [0.2, 0.25) is 0 Å². The maximum Gasteiger partial charge on any atom is 0.231 e. The van der Waals surface area contributed by atoms with Crippen molar-refractivity contribution in [3.05, 3.63) is 23.8 Å². The topological polar surface area (TPSA) is 39.7 Å². The zero-order valence-electron chi connectivity index (χ0n) is 15.5. The average molecular weight is 333 g/mol. The molecule has 1 aromatic carbocycles. The third kappa shape index (κ3) is 3.70. The summed E-state index contributed by atoms with van der Waals surface area (Å²) in [5.41, 5.74) is 1.54. The number of para-hydroxylation sites is 1. The van der Waals surface area contributed by atoms with Gasteiger partial charge in [-0.2, -0.15) is 0 Å². The maximum atomic E-state index is 5.95. The van der Waals surface area contributed by atoms with Crippen LogP contribution >= 0.6 is 0 Å². The van der Waals surface area contributed by atoms with Crippen molar-refractivity contribution in [2.45, 2.75) is 59.1 Å². The molecule has 0 amide bonds. The predicted molar refractivity (Wildman–Crippen MR) is 95.4 cm³/mol. The summed E-state index contributed by atoms with van der Waals surface area (Å²) in [6, 6.07) is 6.10. The smallest absolute Gasteiger partial charge is 0.231 e. The lowest BCUT2D eigenvalue weighted by molar-refractivity contribution is -0.121. The second-order valence-electron chi connectivity index (χ2n) is 8.13. The van der Waals surface area contributed by atoms with Crippen LogP contribution < -0.4 is 14.8 Å². The zero-order chi connectivity index (χ0) is 17.2. The normalized spacial score (nSPS) is 25.2. The van der Waals surface area contributed by atoms with Gasteiger partial charge in [0.2, 0.25) is 6.79 Å². The zero-order valence-corrected chi connectivity index (χ0v) is 15.5. The van der Waals surface area contributed by atoms with Crippen LogP contribution in [0.5, 0.6) is 11.5 Å². The van der Waals surface area contributed by atoms with Gasteiger partial charge in [0.25, 0.3) is 0 Å². The fourth-order valence-corrected chi connectivity index (χ4v) is 4.20. The molecule has 0 radical (unpaired) electrons. The van der Waals surface area contributed by atoms with Crippen molar-refractivity contribution in [3.63, 3.8) is 0 Å². The first kappa shape index (κ1) is 17.6. The number of nitrogens with one attached hydrogen (secondary N) is 1. The Morgan fingerprint density at radius 2 is 2.04 bits per heavy atom. The van der Waals surface area contributed by atoms with E-state index in [1.165, 1.54) is 12.0 Å². The van der Waals surface area contributed by atoms with Gasteiger partial charge in [0, 0.05) is 18.7 Å². The molecule has 0 saturated carbocycles. The van der Waals surface area contributed by atoms with E-state index in [0.717, 1.165) is 44.0 Å². The van der Waals surface area contributed by atoms with Gasteiger partial charge in [-0.3, -0.25) is 0 Å². The summed E-state index contributed by atoms with van der Waals surface area (Å²) in [5, 5.41) is 3.61. The van der Waals surface area contributed by atoms with Gasteiger partial charge < -0.3 is 19.5 Å². The molecule has 1 saturated heterocycles. The summed E-state index contributed by atoms with van der Waals surface area (Å²) in [6.07, 6.45) is 3.48. The molecular formula is C20H31NO3. The van der Waals surface area contributed by atoms with Crippen molar-refractivity contribution in [1.82, 2.24) is 5.32 Å². The summed E-state index contributed by atoms with van der Waals surface area (Å²) in [5.74, 6) is 2.43. The minimum atomic E-state index is -0.00600. The van der Waals surface area contributed by atoms with Gasteiger partial charge in [0.05, 0.1) is 5.60 Å². The lowest BCUT2D eigenvalue weighted by Crippen LogP contribution is -2.45. The van der Waals surface area contributed by atoms with Crippen molar-refractivity contribution in [2.24, 2.45) is 11.3 Å². The molecule has 4 heteroatoms. The Hall–Kier alpha value is -1.26. The van der Waals surface area contributed by atoms with Crippen LogP contribution in [0.4, 0.5) is 0 Å². The van der Waals surface area contributed by atoms with Crippen molar-refractivity contribution in [2.75, 3.05) is 19.9 Å². The van der Waals surface area contributed by atoms with Gasteiger partial charge in [-0.25, -0.2) is 0 Å². The molecule has 0 aromatic heterocycles. The SMILES string of the molecule is CC(C)C1(CCNCc2cccc3c2OCO3)CCOC(C)(C)C1. The van der Waals surface area contributed by atoms with Gasteiger partial charge in [0.15, 0.2) is 11.5 Å². The van der Waals surface area contributed by atoms with Gasteiger partial charge in [-0.05, 0) is 57.1 Å². The van der Waals surface area contributed by atoms with E-state index >= 15 is 0 Å². The standard InChI is InChI=1S/C20H31NO3/c1-15(2)20(9-11-24-19(3,4)13-20)8-10-21-12-16-6-5-7-17-18(16)23-14-22-17/h5-7,15,21H,8-14H2,1-4H3. The molecule has 4 nitrogen and oxygen atoms in total. The average Bonchev–Trinajstić information content (AvgIpc) is 2.99. The van der Waals surface area contributed by atoms with E-state index in [1.807, 2.05) is 12.1 Å². The number of hydrogen-bond acceptors (Lipinski definition) is 4. The van der Waals surface area contributed by atoms with E-state index in [4.69, 9.17) is 14.2 Å². The molecule has 1 atom stereocenters. The van der Waals surface area contributed by atoms with Crippen molar-refractivity contribution in [1.29, 1.82) is 0 Å². The van der Waals surface area contributed by atoms with E-state index in [9.17, 15) is 0 Å². The molecule has 2 heterocycles. The molecule has 1 fully saturated rings. The quantitative estimate of drug-likeness (QED) is 0.795. The molecular weight excluding hydrogens is 302 g/mol. The first-order valence-electron chi connectivity index (χ1n) is 9.14. The Labute approximate surface area is 145 Å². The lowest BCUT2D eigenvalue weighted by Gasteiger charge is -2.48. The fraction of sp³-hybridized carbons (Fsp3) is 0.700. The number of rotatable bonds is 6. The van der Waals surface area contributed by atoms with Crippen LogP contribution in [0.15, 0.2) is 18.2 Å². The summed E-state index contributed by atoms with van der Waals surface area (Å²) < 4.78 is 17.0. The number of fused-ring (bicyclic) bond motifs is 1. The van der Waals surface area contributed by atoms with Gasteiger partial charge in [-0.15, -0.1) is 0 Å². The summed E-state index contributed by atoms with van der Waals surface area (Å²) in [6.45, 7) is 12.2. The highest BCUT2D eigenvalue weighted by Gasteiger charge is 2.42. The monoisotopic (exact) mass is 333 g/mol. The molecule has 1 aromatic rings. The van der Waals surface area contributed by atoms with Crippen molar-refractivity contribution >= 4 is 0 Å². The summed E-state index contributed by atoms with van der Waals surface area (Å²) in [7, 11) is 0. The minimum Gasteiger partial charge on any atom is -0.454 e. The fourth-order valence-electron chi connectivity index (χ4n) is 4.20. The second kappa shape index (κ2) is 6.93. The van der Waals surface area contributed by atoms with Crippen LogP contribution in [-0.4, -0.2) is 25.5 Å². The Kier molecular flexibility index (Phi) is 5.07. The molecule has 3 rings (SSSR count). The highest BCUT2D eigenvalue weighted by molar-refractivity contribution is 5.48. The molecule has 0 bridgehead atoms. The lowest BCUT2D eigenvalue weighted by atomic mass is 9.65. The van der Waals surface area contributed by atoms with Crippen LogP contribution in [0.25, 0.3) is 0 Å². The van der Waals surface area contributed by atoms with Crippen LogP contribution in [0.1, 0.15) is 52.5 Å². The third-order valence-electron chi connectivity index (χ3n) is 5.69. The van der Waals surface area contributed by atoms with E-state index in [-0.39, 0.29) is 5.60 Å². The minimum absolute atomic E-state index is 0.00600. The number of benzene rings is 1. The first-order chi connectivity index (χ1) is 11.4. The Morgan fingerprint density at radius 3 is 2.79 bits per heavy atom. The van der Waals surface area contributed by atoms with E-state index < -0.39 is 0 Å². The van der Waals surface area contributed by atoms with E-state index in [2.05, 4.69) is 39.1 Å². The Bertz CT molecular complexity index is 570. The van der Waals surface area contributed by atoms with Crippen LogP contribution in [0, 0.1) is 11.3 Å². The molecule has 2 aliphatic rings. The van der Waals surface area contributed by atoms with E-state index in [0.29, 0.717) is 18.1 Å². The third-order valence-corrected chi connectivity index (χ3v) is 5.69. The molecule has 1 unspecified atom stereocenters. The van der Waals surface area contributed by atoms with Crippen molar-refractivity contribution in [3.8, 4) is 11.5 Å². The highest BCUT2D eigenvalue weighted by Crippen LogP contribution is 2.46. The second-order valence-corrected chi connectivity index (χ2v) is 8.13. The largest absolute Gasteiger partial charge is 0.454 e. The molecule has 134 valence electrons. The highest BCUT2D eigenvalue weighted by atomic mass is 16.7. The molecule has 0 spiro atoms. The predicted octanol–water partition coefficient (Wildman–Crippen LogP) is 4.13. The van der Waals surface area contributed by atoms with Gasteiger partial charge in [0.1, 0.15) is 0 Å². The maximum absolute atomic E-state index is 5.95. The molecule has 1 N–H and O–H groups in total. The molecule has 24 heavy (non-hydrogen) atoms. The van der Waals surface area contributed by atoms with Crippen LogP contribution in [-0.2, 0) is 11.3 Å². The van der Waals surface area contributed by atoms with E-state index in [1.54, 1.807) is 0 Å². The number of ether oxygens (including phenoxy) is 3. The summed E-state index contributed by atoms with van der Waals surface area (Å²) >= 11 is 0. The Balaban J connectivity index is 1.56.